The van der Waals surface area contributed by atoms with Gasteiger partial charge in [-0.1, -0.05) is 31.5 Å². The van der Waals surface area contributed by atoms with Crippen LogP contribution >= 0.6 is 0 Å². The van der Waals surface area contributed by atoms with Crippen molar-refractivity contribution in [2.24, 2.45) is 0 Å². The van der Waals surface area contributed by atoms with Crippen LogP contribution in [0.5, 0.6) is 17.2 Å². The average molecular weight is 460 g/mol. The van der Waals surface area contributed by atoms with Crippen LogP contribution in [0.3, 0.4) is 0 Å². The molecular weight excluding hydrogens is 436 g/mol. The molecule has 0 amide bonds. The summed E-state index contributed by atoms with van der Waals surface area (Å²) < 4.78 is 20.8. The van der Waals surface area contributed by atoms with Crippen molar-refractivity contribution in [1.29, 1.82) is 10.5 Å². The highest BCUT2D eigenvalue weighted by Gasteiger charge is 2.16. The van der Waals surface area contributed by atoms with Crippen LogP contribution in [-0.4, -0.2) is 32.8 Å². The fraction of sp³-hybridized carbons (Fsp3) is 0.231. The van der Waals surface area contributed by atoms with Gasteiger partial charge in [-0.2, -0.15) is 10.5 Å². The lowest BCUT2D eigenvalue weighted by molar-refractivity contribution is -0.135. The number of nitrogens with zero attached hydrogens (tertiary/aromatic N) is 2. The van der Waals surface area contributed by atoms with E-state index < -0.39 is 11.9 Å². The lowest BCUT2D eigenvalue weighted by Gasteiger charge is -2.10. The van der Waals surface area contributed by atoms with Crippen LogP contribution in [0, 0.1) is 22.7 Å². The largest absolute Gasteiger partial charge is 0.494 e. The zero-order valence-corrected chi connectivity index (χ0v) is 19.2. The topological polar surface area (TPSA) is 119 Å². The summed E-state index contributed by atoms with van der Waals surface area (Å²) in [5, 5.41) is 18.5. The normalized spacial score (nSPS) is 11.1. The monoisotopic (exact) mass is 460 g/mol. The second-order valence-electron chi connectivity index (χ2n) is 6.90. The Kier molecular flexibility index (Phi) is 9.90. The quantitative estimate of drug-likeness (QED) is 0.168. The fourth-order valence-corrected chi connectivity index (χ4v) is 2.72. The van der Waals surface area contributed by atoms with Gasteiger partial charge in [-0.25, -0.2) is 9.59 Å². The van der Waals surface area contributed by atoms with E-state index in [1.165, 1.54) is 44.6 Å². The number of unbranched alkanes of at least 4 members (excludes halogenated alkanes) is 1. The minimum absolute atomic E-state index is 0.0713. The van der Waals surface area contributed by atoms with E-state index in [0.29, 0.717) is 23.5 Å². The van der Waals surface area contributed by atoms with Gasteiger partial charge in [0.15, 0.2) is 11.5 Å². The maximum absolute atomic E-state index is 12.6. The summed E-state index contributed by atoms with van der Waals surface area (Å²) in [6.45, 7) is 2.70. The highest BCUT2D eigenvalue weighted by atomic mass is 16.6. The number of carbonyl (C=O) groups excluding carboxylic acids is 2. The molecule has 0 radical (unpaired) electrons. The van der Waals surface area contributed by atoms with Crippen LogP contribution < -0.4 is 14.2 Å². The number of carbonyl (C=O) groups is 2. The van der Waals surface area contributed by atoms with E-state index in [-0.39, 0.29) is 22.6 Å². The van der Waals surface area contributed by atoms with E-state index in [1.54, 1.807) is 30.3 Å². The van der Waals surface area contributed by atoms with Gasteiger partial charge in [-0.3, -0.25) is 0 Å². The lowest BCUT2D eigenvalue weighted by atomic mass is 10.1. The van der Waals surface area contributed by atoms with Crippen LogP contribution in [0.1, 0.15) is 30.9 Å². The molecule has 0 saturated heterocycles. The SMILES string of the molecule is CCCCOc1ccc(/C=C(\C#N)C(=O)Oc2ccc(/C=C(\C#N)C(=O)OC)cc2OC)cc1. The van der Waals surface area contributed by atoms with E-state index in [1.807, 2.05) is 6.07 Å². The summed E-state index contributed by atoms with van der Waals surface area (Å²) in [5.74, 6) is -0.685. The predicted octanol–water partition coefficient (Wildman–Crippen LogP) is 4.47. The van der Waals surface area contributed by atoms with Gasteiger partial charge in [-0.15, -0.1) is 0 Å². The minimum atomic E-state index is -0.861. The van der Waals surface area contributed by atoms with Gasteiger partial charge in [0.05, 0.1) is 20.8 Å². The average Bonchev–Trinajstić information content (AvgIpc) is 2.86. The van der Waals surface area contributed by atoms with Crippen molar-refractivity contribution >= 4 is 24.1 Å². The second-order valence-corrected chi connectivity index (χ2v) is 6.90. The first-order valence-corrected chi connectivity index (χ1v) is 10.4. The van der Waals surface area contributed by atoms with E-state index in [9.17, 15) is 14.9 Å². The Bertz CT molecular complexity index is 1170. The van der Waals surface area contributed by atoms with Gasteiger partial charge < -0.3 is 18.9 Å². The summed E-state index contributed by atoms with van der Waals surface area (Å²) in [7, 11) is 2.55. The molecule has 0 aliphatic heterocycles. The molecule has 0 N–H and O–H groups in total. The summed E-state index contributed by atoms with van der Waals surface area (Å²) in [6, 6.07) is 15.1. The lowest BCUT2D eigenvalue weighted by Crippen LogP contribution is -2.11. The Morgan fingerprint density at radius 1 is 0.882 bits per heavy atom. The highest BCUT2D eigenvalue weighted by molar-refractivity contribution is 5.99. The van der Waals surface area contributed by atoms with E-state index >= 15 is 0 Å². The molecule has 0 aliphatic rings. The molecule has 0 saturated carbocycles. The number of hydrogen-bond donors (Lipinski definition) is 0. The molecule has 34 heavy (non-hydrogen) atoms. The third-order valence-electron chi connectivity index (χ3n) is 4.53. The molecule has 0 spiro atoms. The maximum atomic E-state index is 12.6. The Morgan fingerprint density at radius 2 is 1.50 bits per heavy atom. The Balaban J connectivity index is 2.19. The number of rotatable bonds is 10. The van der Waals surface area contributed by atoms with Gasteiger partial charge in [0.1, 0.15) is 29.0 Å². The van der Waals surface area contributed by atoms with Crippen molar-refractivity contribution in [3.05, 3.63) is 64.7 Å². The molecular formula is C26H24N2O6. The molecule has 174 valence electrons. The Labute approximate surface area is 198 Å². The molecule has 0 bridgehead atoms. The van der Waals surface area contributed by atoms with E-state index in [4.69, 9.17) is 19.5 Å². The highest BCUT2D eigenvalue weighted by Crippen LogP contribution is 2.30. The van der Waals surface area contributed by atoms with Crippen molar-refractivity contribution in [2.45, 2.75) is 19.8 Å². The van der Waals surface area contributed by atoms with Crippen LogP contribution in [-0.2, 0) is 14.3 Å². The zero-order valence-electron chi connectivity index (χ0n) is 19.2. The van der Waals surface area contributed by atoms with Gasteiger partial charge in [0.2, 0.25) is 0 Å². The molecule has 0 aromatic heterocycles. The Hall–Kier alpha value is -4.56. The number of esters is 2. The van der Waals surface area contributed by atoms with Crippen LogP contribution in [0.15, 0.2) is 53.6 Å². The van der Waals surface area contributed by atoms with Crippen molar-refractivity contribution < 1.29 is 28.5 Å². The van der Waals surface area contributed by atoms with Gasteiger partial charge >= 0.3 is 11.9 Å². The molecule has 0 aliphatic carbocycles. The molecule has 2 aromatic rings. The first kappa shape index (κ1) is 25.7. The number of nitriles is 2. The van der Waals surface area contributed by atoms with Gasteiger partial charge in [0.25, 0.3) is 0 Å². The maximum Gasteiger partial charge on any atom is 0.354 e. The van der Waals surface area contributed by atoms with Crippen molar-refractivity contribution in [2.75, 3.05) is 20.8 Å². The first-order chi connectivity index (χ1) is 16.4. The van der Waals surface area contributed by atoms with E-state index in [0.717, 1.165) is 12.8 Å². The third-order valence-corrected chi connectivity index (χ3v) is 4.53. The van der Waals surface area contributed by atoms with Crippen LogP contribution in [0.25, 0.3) is 12.2 Å². The fourth-order valence-electron chi connectivity index (χ4n) is 2.72. The number of methoxy groups -OCH3 is 2. The predicted molar refractivity (Wildman–Crippen MR) is 125 cm³/mol. The second kappa shape index (κ2) is 13.1. The molecule has 2 aromatic carbocycles. The molecule has 0 fully saturated rings. The molecule has 0 heterocycles. The first-order valence-electron chi connectivity index (χ1n) is 10.4. The van der Waals surface area contributed by atoms with Gasteiger partial charge in [-0.05, 0) is 54.0 Å². The molecule has 2 rings (SSSR count). The van der Waals surface area contributed by atoms with Crippen molar-refractivity contribution in [3.63, 3.8) is 0 Å². The molecule has 0 atom stereocenters. The van der Waals surface area contributed by atoms with Crippen molar-refractivity contribution in [3.8, 4) is 29.4 Å². The standard InChI is InChI=1S/C26H24N2O6/c1-4-5-12-33-22-9-6-18(7-10-22)13-21(17-28)26(30)34-23-11-8-19(15-24(23)31-2)14-20(16-27)25(29)32-3/h6-11,13-15H,4-5,12H2,1-3H3/b20-14+,21-13+. The Morgan fingerprint density at radius 3 is 2.09 bits per heavy atom. The summed E-state index contributed by atoms with van der Waals surface area (Å²) in [4.78, 5) is 24.2. The van der Waals surface area contributed by atoms with Crippen LogP contribution in [0.2, 0.25) is 0 Å². The summed E-state index contributed by atoms with van der Waals surface area (Å²) in [5.41, 5.74) is 0.681. The number of benzene rings is 2. The molecule has 8 heteroatoms. The molecule has 8 nitrogen and oxygen atoms in total. The summed E-state index contributed by atoms with van der Waals surface area (Å²) in [6.07, 6.45) is 4.72. The minimum Gasteiger partial charge on any atom is -0.494 e. The molecule has 0 unspecified atom stereocenters. The smallest absolute Gasteiger partial charge is 0.354 e. The van der Waals surface area contributed by atoms with Gasteiger partial charge in [0, 0.05) is 0 Å². The van der Waals surface area contributed by atoms with E-state index in [2.05, 4.69) is 11.7 Å². The number of ether oxygens (including phenoxy) is 4. The summed E-state index contributed by atoms with van der Waals surface area (Å²) >= 11 is 0. The van der Waals surface area contributed by atoms with Crippen molar-refractivity contribution in [1.82, 2.24) is 0 Å². The third kappa shape index (κ3) is 7.25. The zero-order chi connectivity index (χ0) is 24.9. The van der Waals surface area contributed by atoms with Crippen LogP contribution in [0.4, 0.5) is 0 Å². The number of hydrogen-bond acceptors (Lipinski definition) is 8.